The molecule has 8 heteroatoms. The molecule has 3 N–H and O–H groups in total. The summed E-state index contributed by atoms with van der Waals surface area (Å²) in [6.07, 6.45) is 2.94. The summed E-state index contributed by atoms with van der Waals surface area (Å²) >= 11 is 0. The van der Waals surface area contributed by atoms with E-state index >= 15 is 0 Å². The van der Waals surface area contributed by atoms with Gasteiger partial charge in [-0.15, -0.1) is 0 Å². The molecule has 0 bridgehead atoms. The molecule has 148 valence electrons. The van der Waals surface area contributed by atoms with Crippen LogP contribution in [0.15, 0.2) is 65.8 Å². The number of anilines is 2. The highest BCUT2D eigenvalue weighted by atomic mass is 19.1. The number of aromatic nitrogens is 3. The molecule has 0 saturated heterocycles. The number of nitrogens with one attached hydrogen (secondary N) is 1. The SMILES string of the molecule is [C-]#[N+]c1c(N)ncnc1N[C@@H](C)c1cc2ccccn2c(=O)c1-c1cccc(F)c1. The molecule has 4 aromatic rings. The first-order valence-electron chi connectivity index (χ1n) is 9.14. The molecular weight excluding hydrogens is 383 g/mol. The number of benzene rings is 1. The lowest BCUT2D eigenvalue weighted by Crippen LogP contribution is -2.21. The summed E-state index contributed by atoms with van der Waals surface area (Å²) in [7, 11) is 0. The number of rotatable bonds is 4. The summed E-state index contributed by atoms with van der Waals surface area (Å²) in [5.74, 6) is -0.0995. The van der Waals surface area contributed by atoms with Gasteiger partial charge in [-0.25, -0.2) is 19.2 Å². The Hall–Kier alpha value is -4.25. The van der Waals surface area contributed by atoms with E-state index < -0.39 is 11.9 Å². The number of hydrogen-bond acceptors (Lipinski definition) is 5. The molecule has 1 atom stereocenters. The Morgan fingerprint density at radius 3 is 2.80 bits per heavy atom. The molecule has 0 aliphatic heterocycles. The zero-order valence-corrected chi connectivity index (χ0v) is 16.0. The van der Waals surface area contributed by atoms with Crippen LogP contribution in [0.1, 0.15) is 18.5 Å². The molecular formula is C22H17FN6O. The van der Waals surface area contributed by atoms with E-state index in [1.165, 1.54) is 22.9 Å². The van der Waals surface area contributed by atoms with Gasteiger partial charge in [0.05, 0.1) is 12.1 Å². The van der Waals surface area contributed by atoms with E-state index in [0.717, 1.165) is 0 Å². The van der Waals surface area contributed by atoms with Crippen molar-refractivity contribution in [3.63, 3.8) is 0 Å². The average Bonchev–Trinajstić information content (AvgIpc) is 2.74. The number of nitrogen functional groups attached to an aromatic ring is 1. The maximum atomic E-state index is 13.9. The Morgan fingerprint density at radius 2 is 2.03 bits per heavy atom. The van der Waals surface area contributed by atoms with Gasteiger partial charge in [-0.3, -0.25) is 9.20 Å². The molecule has 0 amide bonds. The first-order chi connectivity index (χ1) is 14.5. The quantitative estimate of drug-likeness (QED) is 0.501. The van der Waals surface area contributed by atoms with Crippen molar-refractivity contribution < 1.29 is 4.39 Å². The van der Waals surface area contributed by atoms with Crippen LogP contribution < -0.4 is 16.6 Å². The van der Waals surface area contributed by atoms with Crippen LogP contribution in [0.3, 0.4) is 0 Å². The second-order valence-electron chi connectivity index (χ2n) is 6.72. The molecule has 30 heavy (non-hydrogen) atoms. The lowest BCUT2D eigenvalue weighted by Gasteiger charge is -2.20. The summed E-state index contributed by atoms with van der Waals surface area (Å²) < 4.78 is 15.5. The Bertz CT molecular complexity index is 1360. The van der Waals surface area contributed by atoms with Gasteiger partial charge in [0.25, 0.3) is 11.2 Å². The minimum atomic E-state index is -0.435. The number of pyridine rings is 2. The van der Waals surface area contributed by atoms with E-state index in [-0.39, 0.29) is 22.9 Å². The Balaban J connectivity index is 1.92. The van der Waals surface area contributed by atoms with Gasteiger partial charge in [0.1, 0.15) is 23.8 Å². The van der Waals surface area contributed by atoms with Gasteiger partial charge in [0.2, 0.25) is 0 Å². The molecule has 0 fully saturated rings. The van der Waals surface area contributed by atoms with E-state index in [4.69, 9.17) is 12.3 Å². The van der Waals surface area contributed by atoms with Crippen LogP contribution in [0.5, 0.6) is 0 Å². The number of fused-ring (bicyclic) bond motifs is 1. The highest BCUT2D eigenvalue weighted by molar-refractivity contribution is 5.77. The summed E-state index contributed by atoms with van der Waals surface area (Å²) in [4.78, 5) is 24.7. The van der Waals surface area contributed by atoms with Crippen molar-refractivity contribution in [1.82, 2.24) is 14.4 Å². The molecule has 3 aromatic heterocycles. The predicted octanol–water partition coefficient (Wildman–Crippen LogP) is 4.20. The summed E-state index contributed by atoms with van der Waals surface area (Å²) in [5, 5.41) is 3.15. The molecule has 7 nitrogen and oxygen atoms in total. The van der Waals surface area contributed by atoms with Gasteiger partial charge < -0.3 is 11.1 Å². The van der Waals surface area contributed by atoms with Gasteiger partial charge in [-0.1, -0.05) is 18.2 Å². The van der Waals surface area contributed by atoms with Crippen LogP contribution >= 0.6 is 0 Å². The zero-order valence-electron chi connectivity index (χ0n) is 16.0. The fourth-order valence-electron chi connectivity index (χ4n) is 3.40. The summed E-state index contributed by atoms with van der Waals surface area (Å²) in [6, 6.07) is 12.8. The van der Waals surface area contributed by atoms with E-state index in [9.17, 15) is 9.18 Å². The topological polar surface area (TPSA) is 89.7 Å². The van der Waals surface area contributed by atoms with Gasteiger partial charge >= 0.3 is 0 Å². The van der Waals surface area contributed by atoms with Crippen molar-refractivity contribution in [2.24, 2.45) is 0 Å². The highest BCUT2D eigenvalue weighted by Gasteiger charge is 2.20. The third-order valence-corrected chi connectivity index (χ3v) is 4.81. The van der Waals surface area contributed by atoms with Gasteiger partial charge in [-0.2, -0.15) is 0 Å². The Kier molecular flexibility index (Phi) is 4.86. The van der Waals surface area contributed by atoms with Crippen molar-refractivity contribution in [2.75, 3.05) is 11.1 Å². The lowest BCUT2D eigenvalue weighted by atomic mass is 9.96. The van der Waals surface area contributed by atoms with Crippen LogP contribution in [0.4, 0.5) is 21.7 Å². The standard InChI is InChI=1S/C22H17FN6O/c1-13(28-21-19(25-2)20(24)26-12-27-21)17-11-16-8-3-4-9-29(16)22(30)18(17)14-6-5-7-15(23)10-14/h3-13H,1H3,(H3,24,26,27,28)/t13-/m0/s1. The van der Waals surface area contributed by atoms with Crippen LogP contribution in [-0.2, 0) is 0 Å². The second kappa shape index (κ2) is 7.64. The minimum absolute atomic E-state index is 0.0682. The van der Waals surface area contributed by atoms with E-state index in [1.54, 1.807) is 24.4 Å². The molecule has 0 aliphatic rings. The zero-order chi connectivity index (χ0) is 21.3. The van der Waals surface area contributed by atoms with Gasteiger partial charge in [0, 0.05) is 17.8 Å². The molecule has 1 aromatic carbocycles. The molecule has 0 unspecified atom stereocenters. The van der Waals surface area contributed by atoms with Crippen molar-refractivity contribution >= 4 is 22.8 Å². The van der Waals surface area contributed by atoms with E-state index in [1.807, 2.05) is 25.1 Å². The molecule has 0 saturated carbocycles. The number of nitrogens with two attached hydrogens (primary N) is 1. The first-order valence-corrected chi connectivity index (χ1v) is 9.14. The largest absolute Gasteiger partial charge is 0.392 e. The summed E-state index contributed by atoms with van der Waals surface area (Å²) in [6.45, 7) is 9.18. The number of nitrogens with zero attached hydrogens (tertiary/aromatic N) is 4. The average molecular weight is 400 g/mol. The Labute approximate surface area is 171 Å². The van der Waals surface area contributed by atoms with E-state index in [0.29, 0.717) is 22.2 Å². The van der Waals surface area contributed by atoms with Crippen molar-refractivity contribution in [1.29, 1.82) is 0 Å². The van der Waals surface area contributed by atoms with Gasteiger partial charge in [0.15, 0.2) is 0 Å². The summed E-state index contributed by atoms with van der Waals surface area (Å²) in [5.41, 5.74) is 7.79. The fourth-order valence-corrected chi connectivity index (χ4v) is 3.40. The number of hydrogen-bond donors (Lipinski definition) is 2. The highest BCUT2D eigenvalue weighted by Crippen LogP contribution is 2.33. The Morgan fingerprint density at radius 1 is 1.20 bits per heavy atom. The fraction of sp³-hybridized carbons (Fsp3) is 0.0909. The van der Waals surface area contributed by atoms with Crippen LogP contribution in [-0.4, -0.2) is 14.4 Å². The van der Waals surface area contributed by atoms with Gasteiger partial charge in [-0.05, 0) is 48.4 Å². The normalized spacial score (nSPS) is 11.8. The third-order valence-electron chi connectivity index (χ3n) is 4.81. The third kappa shape index (κ3) is 3.33. The van der Waals surface area contributed by atoms with Crippen molar-refractivity contribution in [3.8, 4) is 11.1 Å². The van der Waals surface area contributed by atoms with Crippen molar-refractivity contribution in [2.45, 2.75) is 13.0 Å². The predicted molar refractivity (Wildman–Crippen MR) is 114 cm³/mol. The monoisotopic (exact) mass is 400 g/mol. The molecule has 0 aliphatic carbocycles. The van der Waals surface area contributed by atoms with E-state index in [2.05, 4.69) is 20.1 Å². The molecule has 3 heterocycles. The lowest BCUT2D eigenvalue weighted by molar-refractivity contribution is 0.628. The van der Waals surface area contributed by atoms with Crippen LogP contribution in [0.2, 0.25) is 0 Å². The molecule has 0 radical (unpaired) electrons. The van der Waals surface area contributed by atoms with Crippen LogP contribution in [0.25, 0.3) is 21.5 Å². The first kappa shape index (κ1) is 19.1. The molecule has 0 spiro atoms. The molecule has 4 rings (SSSR count). The maximum Gasteiger partial charge on any atom is 0.268 e. The smallest absolute Gasteiger partial charge is 0.268 e. The maximum absolute atomic E-state index is 13.9. The van der Waals surface area contributed by atoms with Crippen LogP contribution in [0, 0.1) is 12.4 Å². The van der Waals surface area contributed by atoms with Crippen molar-refractivity contribution in [3.05, 3.63) is 94.2 Å². The second-order valence-corrected chi connectivity index (χ2v) is 6.72. The number of halogens is 1. The minimum Gasteiger partial charge on any atom is -0.392 e.